The van der Waals surface area contributed by atoms with E-state index in [4.69, 9.17) is 0 Å². The molecule has 1 aliphatic heterocycles. The van der Waals surface area contributed by atoms with Gasteiger partial charge in [0.1, 0.15) is 11.4 Å². The topological polar surface area (TPSA) is 96.3 Å². The third-order valence-corrected chi connectivity index (χ3v) is 5.77. The molecule has 0 unspecified atom stereocenters. The second-order valence-corrected chi connectivity index (χ2v) is 7.86. The number of rotatable bonds is 6. The molecule has 0 radical (unpaired) electrons. The summed E-state index contributed by atoms with van der Waals surface area (Å²) in [6.07, 6.45) is 3.40. The molecule has 1 aliphatic rings. The van der Waals surface area contributed by atoms with Crippen LogP contribution < -0.4 is 10.6 Å². The lowest BCUT2D eigenvalue weighted by Gasteiger charge is -2.19. The fourth-order valence-corrected chi connectivity index (χ4v) is 3.97. The second kappa shape index (κ2) is 9.68. The van der Waals surface area contributed by atoms with E-state index in [0.717, 1.165) is 23.4 Å². The van der Waals surface area contributed by atoms with E-state index in [0.29, 0.717) is 42.9 Å². The molecule has 170 valence electrons. The lowest BCUT2D eigenvalue weighted by atomic mass is 10.0. The molecule has 2 heterocycles. The minimum absolute atomic E-state index is 0.0164. The van der Waals surface area contributed by atoms with E-state index in [2.05, 4.69) is 15.7 Å². The van der Waals surface area contributed by atoms with Crippen LogP contribution in [0.15, 0.2) is 54.7 Å². The van der Waals surface area contributed by atoms with Gasteiger partial charge < -0.3 is 15.5 Å². The van der Waals surface area contributed by atoms with E-state index >= 15 is 0 Å². The number of nitrogens with zero attached hydrogens (tertiary/aromatic N) is 3. The predicted octanol–water partition coefficient (Wildman–Crippen LogP) is 3.88. The molecule has 8 nitrogen and oxygen atoms in total. The SMILES string of the molecule is CCN(CC)C(=O)c1cnn(-c2ccccc2)c1NC(=O)c1ccc2c(c1)CCCC(=O)N2. The zero-order valence-corrected chi connectivity index (χ0v) is 18.8. The highest BCUT2D eigenvalue weighted by molar-refractivity contribution is 6.09. The Morgan fingerprint density at radius 1 is 1.09 bits per heavy atom. The standard InChI is InChI=1S/C25H27N5O3/c1-3-29(4-2)25(33)20-16-26-30(19-10-6-5-7-11-19)23(20)28-24(32)18-13-14-21-17(15-18)9-8-12-22(31)27-21/h5-7,10-11,13-16H,3-4,8-9,12H2,1-2H3,(H,27,31)(H,28,32). The maximum absolute atomic E-state index is 13.3. The van der Waals surface area contributed by atoms with Crippen molar-refractivity contribution in [2.45, 2.75) is 33.1 Å². The number of carbonyl (C=O) groups is 3. The normalized spacial score (nSPS) is 13.0. The molecule has 0 atom stereocenters. The average Bonchev–Trinajstić information content (AvgIpc) is 3.14. The zero-order chi connectivity index (χ0) is 23.4. The van der Waals surface area contributed by atoms with Crippen molar-refractivity contribution < 1.29 is 14.4 Å². The molecule has 0 bridgehead atoms. The molecule has 33 heavy (non-hydrogen) atoms. The van der Waals surface area contributed by atoms with Crippen molar-refractivity contribution in [3.05, 3.63) is 71.4 Å². The van der Waals surface area contributed by atoms with Gasteiger partial charge in [0.25, 0.3) is 11.8 Å². The monoisotopic (exact) mass is 445 g/mol. The number of fused-ring (bicyclic) bond motifs is 1. The van der Waals surface area contributed by atoms with Gasteiger partial charge in [0.15, 0.2) is 0 Å². The Morgan fingerprint density at radius 2 is 1.85 bits per heavy atom. The first-order valence-corrected chi connectivity index (χ1v) is 11.2. The van der Waals surface area contributed by atoms with Gasteiger partial charge in [-0.1, -0.05) is 18.2 Å². The van der Waals surface area contributed by atoms with Gasteiger partial charge in [-0.25, -0.2) is 4.68 Å². The van der Waals surface area contributed by atoms with Gasteiger partial charge >= 0.3 is 0 Å². The van der Waals surface area contributed by atoms with Crippen molar-refractivity contribution >= 4 is 29.2 Å². The van der Waals surface area contributed by atoms with Crippen LogP contribution in [-0.2, 0) is 11.2 Å². The van der Waals surface area contributed by atoms with Crippen LogP contribution in [0.2, 0.25) is 0 Å². The maximum Gasteiger partial charge on any atom is 0.259 e. The van der Waals surface area contributed by atoms with E-state index in [-0.39, 0.29) is 17.7 Å². The summed E-state index contributed by atoms with van der Waals surface area (Å²) in [4.78, 5) is 39.9. The predicted molar refractivity (Wildman–Crippen MR) is 127 cm³/mol. The molecule has 4 rings (SSSR count). The van der Waals surface area contributed by atoms with Gasteiger partial charge in [-0.3, -0.25) is 14.4 Å². The van der Waals surface area contributed by atoms with Crippen LogP contribution in [-0.4, -0.2) is 45.5 Å². The number of aromatic nitrogens is 2. The van der Waals surface area contributed by atoms with Crippen molar-refractivity contribution in [3.63, 3.8) is 0 Å². The molecule has 2 N–H and O–H groups in total. The van der Waals surface area contributed by atoms with E-state index in [1.54, 1.807) is 27.8 Å². The molecule has 0 fully saturated rings. The molecule has 0 saturated carbocycles. The van der Waals surface area contributed by atoms with Crippen molar-refractivity contribution in [3.8, 4) is 5.69 Å². The summed E-state index contributed by atoms with van der Waals surface area (Å²) in [5.74, 6) is -0.231. The summed E-state index contributed by atoms with van der Waals surface area (Å²) in [6, 6.07) is 14.6. The van der Waals surface area contributed by atoms with Crippen molar-refractivity contribution in [2.75, 3.05) is 23.7 Å². The van der Waals surface area contributed by atoms with Crippen LogP contribution in [0.25, 0.3) is 5.69 Å². The highest BCUT2D eigenvalue weighted by Crippen LogP contribution is 2.26. The van der Waals surface area contributed by atoms with Gasteiger partial charge in [-0.2, -0.15) is 5.10 Å². The Morgan fingerprint density at radius 3 is 2.58 bits per heavy atom. The summed E-state index contributed by atoms with van der Waals surface area (Å²) in [7, 11) is 0. The number of aryl methyl sites for hydroxylation is 1. The second-order valence-electron chi connectivity index (χ2n) is 7.86. The molecule has 3 aromatic rings. The molecule has 8 heteroatoms. The molecule has 3 amide bonds. The number of para-hydroxylation sites is 1. The largest absolute Gasteiger partial charge is 0.339 e. The minimum Gasteiger partial charge on any atom is -0.339 e. The van der Waals surface area contributed by atoms with Crippen LogP contribution in [0.3, 0.4) is 0 Å². The van der Waals surface area contributed by atoms with Crippen molar-refractivity contribution in [1.82, 2.24) is 14.7 Å². The first kappa shape index (κ1) is 22.3. The smallest absolute Gasteiger partial charge is 0.259 e. The fraction of sp³-hybridized carbons (Fsp3) is 0.280. The number of benzene rings is 2. The first-order valence-electron chi connectivity index (χ1n) is 11.2. The quantitative estimate of drug-likeness (QED) is 0.602. The summed E-state index contributed by atoms with van der Waals surface area (Å²) < 4.78 is 1.57. The number of carbonyl (C=O) groups excluding carboxylic acids is 3. The van der Waals surface area contributed by atoms with Crippen LogP contribution in [0.4, 0.5) is 11.5 Å². The van der Waals surface area contributed by atoms with E-state index in [1.165, 1.54) is 6.20 Å². The Kier molecular flexibility index (Phi) is 6.53. The zero-order valence-electron chi connectivity index (χ0n) is 18.8. The molecular formula is C25H27N5O3. The number of hydrogen-bond donors (Lipinski definition) is 2. The van der Waals surface area contributed by atoms with E-state index in [9.17, 15) is 14.4 Å². The highest BCUT2D eigenvalue weighted by Gasteiger charge is 2.24. The number of nitrogens with one attached hydrogen (secondary N) is 2. The van der Waals surface area contributed by atoms with Crippen LogP contribution in [0, 0.1) is 0 Å². The van der Waals surface area contributed by atoms with Crippen LogP contribution >= 0.6 is 0 Å². The third kappa shape index (κ3) is 4.64. The fourth-order valence-electron chi connectivity index (χ4n) is 3.97. The Balaban J connectivity index is 1.70. The molecular weight excluding hydrogens is 418 g/mol. The van der Waals surface area contributed by atoms with Crippen LogP contribution in [0.5, 0.6) is 0 Å². The molecule has 0 aliphatic carbocycles. The number of anilines is 2. The van der Waals surface area contributed by atoms with E-state index in [1.807, 2.05) is 44.2 Å². The maximum atomic E-state index is 13.3. The Hall–Kier alpha value is -3.94. The molecule has 0 saturated heterocycles. The van der Waals surface area contributed by atoms with Crippen LogP contribution in [0.1, 0.15) is 53.0 Å². The van der Waals surface area contributed by atoms with Gasteiger partial charge in [-0.15, -0.1) is 0 Å². The summed E-state index contributed by atoms with van der Waals surface area (Å²) in [5.41, 5.74) is 3.17. The van der Waals surface area contributed by atoms with Gasteiger partial charge in [0.05, 0.1) is 11.9 Å². The summed E-state index contributed by atoms with van der Waals surface area (Å²) in [5, 5.41) is 10.2. The van der Waals surface area contributed by atoms with Gasteiger partial charge in [0, 0.05) is 30.8 Å². The highest BCUT2D eigenvalue weighted by atomic mass is 16.2. The average molecular weight is 446 g/mol. The number of hydrogen-bond acceptors (Lipinski definition) is 4. The lowest BCUT2D eigenvalue weighted by molar-refractivity contribution is -0.116. The van der Waals surface area contributed by atoms with E-state index < -0.39 is 0 Å². The molecule has 2 aromatic carbocycles. The summed E-state index contributed by atoms with van der Waals surface area (Å²) in [6.45, 7) is 4.93. The van der Waals surface area contributed by atoms with Crippen molar-refractivity contribution in [1.29, 1.82) is 0 Å². The van der Waals surface area contributed by atoms with Gasteiger partial charge in [-0.05, 0) is 62.6 Å². The molecule has 1 aromatic heterocycles. The van der Waals surface area contributed by atoms with Crippen molar-refractivity contribution in [2.24, 2.45) is 0 Å². The Bertz CT molecular complexity index is 1180. The summed E-state index contributed by atoms with van der Waals surface area (Å²) >= 11 is 0. The first-order chi connectivity index (χ1) is 16.0. The number of amides is 3. The van der Waals surface area contributed by atoms with Gasteiger partial charge in [0.2, 0.25) is 5.91 Å². The lowest BCUT2D eigenvalue weighted by Crippen LogP contribution is -2.31. The molecule has 0 spiro atoms. The minimum atomic E-state index is -0.348. The third-order valence-electron chi connectivity index (χ3n) is 5.77. The Labute approximate surface area is 192 Å².